The summed E-state index contributed by atoms with van der Waals surface area (Å²) in [6, 6.07) is 0. The molecule has 0 heterocycles. The Morgan fingerprint density at radius 1 is 0.812 bits per heavy atom. The van der Waals surface area contributed by atoms with Gasteiger partial charge in [-0.25, -0.2) is 0 Å². The maximum absolute atomic E-state index is 11.2. The van der Waals surface area contributed by atoms with E-state index in [1.807, 2.05) is 0 Å². The third-order valence-corrected chi connectivity index (χ3v) is 5.15. The molecule has 0 aromatic carbocycles. The van der Waals surface area contributed by atoms with Crippen LogP contribution in [0.25, 0.3) is 0 Å². The van der Waals surface area contributed by atoms with Crippen LogP contribution in [0.15, 0.2) is 0 Å². The van der Waals surface area contributed by atoms with E-state index in [2.05, 4.69) is 0 Å². The Kier molecular flexibility index (Phi) is 2.03. The molecule has 0 aromatic heterocycles. The van der Waals surface area contributed by atoms with E-state index in [4.69, 9.17) is 0 Å². The summed E-state index contributed by atoms with van der Waals surface area (Å²) in [7, 11) is 0. The summed E-state index contributed by atoms with van der Waals surface area (Å²) in [6.07, 6.45) is 4.22. The Morgan fingerprint density at radius 2 is 1.25 bits per heavy atom. The summed E-state index contributed by atoms with van der Waals surface area (Å²) in [6.45, 7) is 0. The van der Waals surface area contributed by atoms with Gasteiger partial charge in [-0.05, 0) is 42.9 Å². The molecule has 3 aliphatic carbocycles. The quantitative estimate of drug-likeness (QED) is 0.744. The smallest absolute Gasteiger partial charge is 0.307 e. The Hall–Kier alpha value is -1.06. The van der Waals surface area contributed by atoms with Crippen molar-refractivity contribution in [2.75, 3.05) is 0 Å². The number of aliphatic carboxylic acids is 2. The number of hydrogen-bond acceptors (Lipinski definition) is 2. The van der Waals surface area contributed by atoms with Crippen LogP contribution in [-0.4, -0.2) is 22.2 Å². The topological polar surface area (TPSA) is 74.6 Å². The average molecular weight is 224 g/mol. The second-order valence-electron chi connectivity index (χ2n) is 5.55. The summed E-state index contributed by atoms with van der Waals surface area (Å²) < 4.78 is 0. The molecular formula is C12H16O4. The van der Waals surface area contributed by atoms with Gasteiger partial charge in [-0.3, -0.25) is 9.59 Å². The highest BCUT2D eigenvalue weighted by atomic mass is 16.4. The molecule has 0 amide bonds. The van der Waals surface area contributed by atoms with Gasteiger partial charge in [0.25, 0.3) is 0 Å². The molecule has 16 heavy (non-hydrogen) atoms. The first-order valence-corrected chi connectivity index (χ1v) is 6.07. The summed E-state index contributed by atoms with van der Waals surface area (Å²) in [5.41, 5.74) is 0. The van der Waals surface area contributed by atoms with E-state index in [0.29, 0.717) is 11.8 Å². The lowest BCUT2D eigenvalue weighted by Gasteiger charge is -2.33. The molecule has 0 radical (unpaired) electrons. The van der Waals surface area contributed by atoms with Crippen molar-refractivity contribution in [3.63, 3.8) is 0 Å². The SMILES string of the molecule is O=C(O)[C@@H]1C2CC(C3CCCC32)[C@@H]1C(=O)O. The van der Waals surface area contributed by atoms with E-state index in [9.17, 15) is 19.8 Å². The van der Waals surface area contributed by atoms with Crippen molar-refractivity contribution < 1.29 is 19.8 Å². The minimum atomic E-state index is -0.898. The molecule has 0 saturated heterocycles. The molecule has 2 bridgehead atoms. The fraction of sp³-hybridized carbons (Fsp3) is 0.833. The molecule has 4 nitrogen and oxygen atoms in total. The third kappa shape index (κ3) is 1.10. The number of rotatable bonds is 2. The van der Waals surface area contributed by atoms with Gasteiger partial charge in [0, 0.05) is 0 Å². The first kappa shape index (κ1) is 10.1. The molecule has 0 aliphatic heterocycles. The molecule has 3 aliphatic rings. The van der Waals surface area contributed by atoms with E-state index in [1.54, 1.807) is 0 Å². The zero-order valence-electron chi connectivity index (χ0n) is 9.00. The third-order valence-electron chi connectivity index (χ3n) is 5.15. The molecule has 6 atom stereocenters. The number of carbonyl (C=O) groups is 2. The lowest BCUT2D eigenvalue weighted by molar-refractivity contribution is -0.158. The average Bonchev–Trinajstić information content (AvgIpc) is 2.87. The number of hydrogen-bond donors (Lipinski definition) is 2. The zero-order chi connectivity index (χ0) is 11.4. The molecule has 4 heteroatoms. The van der Waals surface area contributed by atoms with Crippen LogP contribution in [0.4, 0.5) is 0 Å². The fourth-order valence-electron chi connectivity index (χ4n) is 4.78. The van der Waals surface area contributed by atoms with Crippen LogP contribution >= 0.6 is 0 Å². The molecule has 3 fully saturated rings. The molecule has 3 rings (SSSR count). The van der Waals surface area contributed by atoms with Gasteiger partial charge in [-0.2, -0.15) is 0 Å². The van der Waals surface area contributed by atoms with E-state index in [0.717, 1.165) is 25.7 Å². The molecule has 0 spiro atoms. The van der Waals surface area contributed by atoms with Crippen LogP contribution < -0.4 is 0 Å². The predicted octanol–water partition coefficient (Wildman–Crippen LogP) is 1.45. The van der Waals surface area contributed by atoms with E-state index in [-0.39, 0.29) is 11.8 Å². The Balaban J connectivity index is 1.95. The first-order chi connectivity index (χ1) is 7.61. The van der Waals surface area contributed by atoms with Crippen LogP contribution in [0.2, 0.25) is 0 Å². The van der Waals surface area contributed by atoms with Crippen molar-refractivity contribution >= 4 is 11.9 Å². The summed E-state index contributed by atoms with van der Waals surface area (Å²) in [5.74, 6) is -1.77. The highest BCUT2D eigenvalue weighted by Crippen LogP contribution is 2.63. The predicted molar refractivity (Wildman–Crippen MR) is 54.7 cm³/mol. The number of carboxylic acid groups (broad SMARTS) is 2. The van der Waals surface area contributed by atoms with E-state index < -0.39 is 23.8 Å². The van der Waals surface area contributed by atoms with Gasteiger partial charge >= 0.3 is 11.9 Å². The summed E-state index contributed by atoms with van der Waals surface area (Å²) in [4.78, 5) is 22.5. The summed E-state index contributed by atoms with van der Waals surface area (Å²) >= 11 is 0. The van der Waals surface area contributed by atoms with Gasteiger partial charge in [-0.15, -0.1) is 0 Å². The normalized spacial score (nSPS) is 49.2. The van der Waals surface area contributed by atoms with Gasteiger partial charge in [-0.1, -0.05) is 6.42 Å². The first-order valence-electron chi connectivity index (χ1n) is 6.07. The highest BCUT2D eigenvalue weighted by molar-refractivity contribution is 5.81. The largest absolute Gasteiger partial charge is 0.481 e. The van der Waals surface area contributed by atoms with Crippen LogP contribution in [0.3, 0.4) is 0 Å². The minimum Gasteiger partial charge on any atom is -0.481 e. The van der Waals surface area contributed by atoms with Gasteiger partial charge in [0.2, 0.25) is 0 Å². The summed E-state index contributed by atoms with van der Waals surface area (Å²) in [5, 5.41) is 18.4. The van der Waals surface area contributed by atoms with Crippen LogP contribution in [-0.2, 0) is 9.59 Å². The number of carboxylic acids is 2. The highest BCUT2D eigenvalue weighted by Gasteiger charge is 2.63. The molecule has 88 valence electrons. The second kappa shape index (κ2) is 3.22. The maximum Gasteiger partial charge on any atom is 0.307 e. The van der Waals surface area contributed by atoms with Crippen molar-refractivity contribution in [1.82, 2.24) is 0 Å². The van der Waals surface area contributed by atoms with Crippen molar-refractivity contribution in [2.24, 2.45) is 35.5 Å². The van der Waals surface area contributed by atoms with Crippen molar-refractivity contribution in [3.05, 3.63) is 0 Å². The molecule has 4 unspecified atom stereocenters. The van der Waals surface area contributed by atoms with Gasteiger partial charge < -0.3 is 10.2 Å². The van der Waals surface area contributed by atoms with E-state index >= 15 is 0 Å². The molecule has 3 saturated carbocycles. The van der Waals surface area contributed by atoms with Crippen LogP contribution in [0, 0.1) is 35.5 Å². The van der Waals surface area contributed by atoms with Gasteiger partial charge in [0.15, 0.2) is 0 Å². The number of fused-ring (bicyclic) bond motifs is 5. The Labute approximate surface area is 93.6 Å². The second-order valence-corrected chi connectivity index (χ2v) is 5.55. The van der Waals surface area contributed by atoms with Crippen molar-refractivity contribution in [3.8, 4) is 0 Å². The monoisotopic (exact) mass is 224 g/mol. The van der Waals surface area contributed by atoms with Crippen LogP contribution in [0.1, 0.15) is 25.7 Å². The van der Waals surface area contributed by atoms with Crippen molar-refractivity contribution in [1.29, 1.82) is 0 Å². The van der Waals surface area contributed by atoms with Crippen molar-refractivity contribution in [2.45, 2.75) is 25.7 Å². The van der Waals surface area contributed by atoms with E-state index in [1.165, 1.54) is 0 Å². The van der Waals surface area contributed by atoms with Crippen LogP contribution in [0.5, 0.6) is 0 Å². The fourth-order valence-corrected chi connectivity index (χ4v) is 4.78. The lowest BCUT2D eigenvalue weighted by atomic mass is 9.69. The molecule has 0 aromatic rings. The standard InChI is InChI=1S/C12H16O4/c13-11(14)9-7-4-8(10(9)12(15)16)6-3-1-2-5(6)7/h5-10H,1-4H2,(H,13,14)(H,15,16)/t5?,6?,7?,8?,9-,10+. The van der Waals surface area contributed by atoms with Gasteiger partial charge in [0.1, 0.15) is 0 Å². The van der Waals surface area contributed by atoms with Gasteiger partial charge in [0.05, 0.1) is 11.8 Å². The molecule has 2 N–H and O–H groups in total. The lowest BCUT2D eigenvalue weighted by Crippen LogP contribution is -2.40. The Bertz CT molecular complexity index is 319. The molecular weight excluding hydrogens is 208 g/mol. The Morgan fingerprint density at radius 3 is 1.62 bits per heavy atom. The minimum absolute atomic E-state index is 0.135. The maximum atomic E-state index is 11.2. The zero-order valence-corrected chi connectivity index (χ0v) is 9.00.